The Morgan fingerprint density at radius 3 is 3.14 bits per heavy atom. The summed E-state index contributed by atoms with van der Waals surface area (Å²) in [6.45, 7) is 6.25. The zero-order valence-corrected chi connectivity index (χ0v) is 8.84. The number of nitrogens with two attached hydrogens (primary N) is 1. The first-order valence-corrected chi connectivity index (χ1v) is 5.13. The fourth-order valence-corrected chi connectivity index (χ4v) is 1.80. The number of esters is 1. The second-order valence-electron chi connectivity index (χ2n) is 2.58. The number of hydrogen-bond acceptors (Lipinski definition) is 4. The predicted octanol–water partition coefficient (Wildman–Crippen LogP) is 0.981. The van der Waals surface area contributed by atoms with Crippen LogP contribution in [0, 0.1) is 0 Å². The van der Waals surface area contributed by atoms with Crippen LogP contribution in [-0.4, -0.2) is 12.6 Å². The third-order valence-corrected chi connectivity index (χ3v) is 2.45. The van der Waals surface area contributed by atoms with Crippen LogP contribution in [0.5, 0.6) is 0 Å². The zero-order chi connectivity index (χ0) is 10.6. The Balaban J connectivity index is 2.95. The molecule has 0 spiro atoms. The molecule has 0 aliphatic heterocycles. The van der Waals surface area contributed by atoms with Crippen molar-refractivity contribution in [1.82, 2.24) is 0 Å². The van der Waals surface area contributed by atoms with Crippen molar-refractivity contribution in [3.63, 3.8) is 0 Å². The average Bonchev–Trinajstić information content (AvgIpc) is 2.50. The van der Waals surface area contributed by atoms with Crippen LogP contribution >= 0.6 is 11.3 Å². The fourth-order valence-electron chi connectivity index (χ4n) is 1.04. The summed E-state index contributed by atoms with van der Waals surface area (Å²) in [7, 11) is 0. The van der Waals surface area contributed by atoms with Crippen molar-refractivity contribution >= 4 is 22.4 Å². The molecule has 0 saturated carbocycles. The maximum Gasteiger partial charge on any atom is 0.379 e. The van der Waals surface area contributed by atoms with Crippen LogP contribution < -0.4 is 10.3 Å². The third-order valence-electron chi connectivity index (χ3n) is 1.64. The van der Waals surface area contributed by atoms with E-state index in [2.05, 4.69) is 6.58 Å². The lowest BCUT2D eigenvalue weighted by Gasteiger charge is -2.00. The minimum absolute atomic E-state index is 0.345. The lowest BCUT2D eigenvalue weighted by Crippen LogP contribution is -2.40. The van der Waals surface area contributed by atoms with Crippen molar-refractivity contribution in [2.24, 2.45) is 0 Å². The van der Waals surface area contributed by atoms with Crippen molar-refractivity contribution in [2.75, 3.05) is 12.3 Å². The van der Waals surface area contributed by atoms with Gasteiger partial charge in [0, 0.05) is 0 Å². The van der Waals surface area contributed by atoms with Gasteiger partial charge in [-0.15, -0.1) is 0 Å². The van der Waals surface area contributed by atoms with Crippen LogP contribution in [0.4, 0.5) is 5.13 Å². The first-order chi connectivity index (χ1) is 6.70. The maximum atomic E-state index is 11.4. The van der Waals surface area contributed by atoms with E-state index in [1.54, 1.807) is 22.9 Å². The second kappa shape index (κ2) is 4.76. The summed E-state index contributed by atoms with van der Waals surface area (Å²) in [5.41, 5.74) is 6.17. The number of ether oxygens (including phenoxy) is 1. The Hall–Kier alpha value is -1.36. The molecule has 0 aliphatic rings. The monoisotopic (exact) mass is 213 g/mol. The number of allylic oxidation sites excluding steroid dienone is 1. The molecule has 76 valence electrons. The van der Waals surface area contributed by atoms with Crippen molar-refractivity contribution in [1.29, 1.82) is 0 Å². The van der Waals surface area contributed by atoms with Crippen LogP contribution in [-0.2, 0) is 11.3 Å². The molecule has 0 amide bonds. The summed E-state index contributed by atoms with van der Waals surface area (Å²) in [5.74, 6) is -0.345. The number of nitrogen functional groups attached to an aromatic ring is 1. The maximum absolute atomic E-state index is 11.4. The highest BCUT2D eigenvalue weighted by atomic mass is 32.1. The Bertz CT molecular complexity index is 347. The van der Waals surface area contributed by atoms with Gasteiger partial charge in [-0.3, -0.25) is 5.73 Å². The molecule has 1 heterocycles. The number of aromatic nitrogens is 1. The minimum atomic E-state index is -0.345. The molecular formula is C9H13N2O2S+. The number of carbonyl (C=O) groups excluding carboxylic acids is 1. The average molecular weight is 213 g/mol. The molecule has 0 saturated heterocycles. The molecular weight excluding hydrogens is 200 g/mol. The van der Waals surface area contributed by atoms with Crippen LogP contribution in [0.2, 0.25) is 0 Å². The zero-order valence-electron chi connectivity index (χ0n) is 8.03. The first-order valence-electron chi connectivity index (χ1n) is 4.25. The van der Waals surface area contributed by atoms with Crippen LogP contribution in [0.3, 0.4) is 0 Å². The highest BCUT2D eigenvalue weighted by Gasteiger charge is 2.20. The van der Waals surface area contributed by atoms with Crippen LogP contribution in [0.25, 0.3) is 0 Å². The van der Waals surface area contributed by atoms with Gasteiger partial charge in [0.2, 0.25) is 5.69 Å². The molecule has 5 heteroatoms. The highest BCUT2D eigenvalue weighted by molar-refractivity contribution is 7.13. The van der Waals surface area contributed by atoms with Gasteiger partial charge in [-0.25, -0.2) is 9.36 Å². The van der Waals surface area contributed by atoms with E-state index in [1.165, 1.54) is 11.3 Å². The summed E-state index contributed by atoms with van der Waals surface area (Å²) in [4.78, 5) is 11.4. The normalized spacial score (nSPS) is 9.79. The molecule has 4 nitrogen and oxygen atoms in total. The van der Waals surface area contributed by atoms with E-state index in [0.717, 1.165) is 0 Å². The van der Waals surface area contributed by atoms with Crippen molar-refractivity contribution in [3.8, 4) is 0 Å². The van der Waals surface area contributed by atoms with E-state index in [4.69, 9.17) is 10.5 Å². The largest absolute Gasteiger partial charge is 0.460 e. The molecule has 1 aromatic rings. The highest BCUT2D eigenvalue weighted by Crippen LogP contribution is 2.10. The van der Waals surface area contributed by atoms with Gasteiger partial charge >= 0.3 is 11.1 Å². The number of nitrogens with zero attached hydrogens (tertiary/aromatic N) is 1. The Labute approximate surface area is 86.6 Å². The quantitative estimate of drug-likeness (QED) is 0.461. The lowest BCUT2D eigenvalue weighted by molar-refractivity contribution is -0.670. The standard InChI is InChI=1S/C9H12N2O2S/c1-3-5-11-7(6-14-9(11)10)8(12)13-4-2/h3,6,10H,1,4-5H2,2H3/p+1. The summed E-state index contributed by atoms with van der Waals surface area (Å²) in [6, 6.07) is 0. The number of rotatable bonds is 4. The van der Waals surface area contributed by atoms with E-state index >= 15 is 0 Å². The smallest absolute Gasteiger partial charge is 0.379 e. The van der Waals surface area contributed by atoms with Crippen molar-refractivity contribution < 1.29 is 14.1 Å². The summed E-state index contributed by atoms with van der Waals surface area (Å²) in [6.07, 6.45) is 1.69. The molecule has 0 unspecified atom stereocenters. The van der Waals surface area contributed by atoms with Crippen molar-refractivity contribution in [2.45, 2.75) is 13.5 Å². The molecule has 0 fully saturated rings. The molecule has 0 radical (unpaired) electrons. The van der Waals surface area contributed by atoms with Gasteiger partial charge in [0.05, 0.1) is 12.0 Å². The summed E-state index contributed by atoms with van der Waals surface area (Å²) >= 11 is 1.32. The molecule has 0 aliphatic carbocycles. The van der Waals surface area contributed by atoms with Gasteiger partial charge in [-0.2, -0.15) is 0 Å². The number of carbonyl (C=O) groups is 1. The van der Waals surface area contributed by atoms with Gasteiger partial charge in [0.25, 0.3) is 0 Å². The predicted molar refractivity (Wildman–Crippen MR) is 55.1 cm³/mol. The summed E-state index contributed by atoms with van der Waals surface area (Å²) < 4.78 is 6.56. The van der Waals surface area contributed by atoms with Crippen LogP contribution in [0.15, 0.2) is 18.0 Å². The van der Waals surface area contributed by atoms with Crippen molar-refractivity contribution in [3.05, 3.63) is 23.7 Å². The summed E-state index contributed by atoms with van der Waals surface area (Å²) in [5, 5.41) is 2.27. The Morgan fingerprint density at radius 1 is 1.86 bits per heavy atom. The van der Waals surface area contributed by atoms with E-state index in [-0.39, 0.29) is 5.97 Å². The number of anilines is 1. The first kappa shape index (κ1) is 10.7. The van der Waals surface area contributed by atoms with Gasteiger partial charge < -0.3 is 4.74 Å². The Kier molecular flexibility index (Phi) is 3.64. The molecule has 2 N–H and O–H groups in total. The van der Waals surface area contributed by atoms with Gasteiger partial charge in [0.1, 0.15) is 6.54 Å². The SMILES string of the molecule is C=CC[n+]1c(C(=O)OCC)csc1N. The molecule has 1 aromatic heterocycles. The number of hydrogen-bond donors (Lipinski definition) is 1. The van der Waals surface area contributed by atoms with E-state index < -0.39 is 0 Å². The lowest BCUT2D eigenvalue weighted by atomic mass is 10.4. The second-order valence-corrected chi connectivity index (χ2v) is 3.47. The molecule has 0 atom stereocenters. The van der Waals surface area contributed by atoms with Crippen LogP contribution in [0.1, 0.15) is 17.4 Å². The van der Waals surface area contributed by atoms with E-state index in [1.807, 2.05) is 0 Å². The Morgan fingerprint density at radius 2 is 2.57 bits per heavy atom. The van der Waals surface area contributed by atoms with Gasteiger partial charge in [-0.1, -0.05) is 24.0 Å². The molecule has 1 rings (SSSR count). The fraction of sp³-hybridized carbons (Fsp3) is 0.333. The van der Waals surface area contributed by atoms with Gasteiger partial charge in [0.15, 0.2) is 0 Å². The van der Waals surface area contributed by atoms with Gasteiger partial charge in [-0.05, 0) is 6.92 Å². The minimum Gasteiger partial charge on any atom is -0.460 e. The molecule has 0 aromatic carbocycles. The van der Waals surface area contributed by atoms with E-state index in [9.17, 15) is 4.79 Å². The molecule has 14 heavy (non-hydrogen) atoms. The van der Waals surface area contributed by atoms with E-state index in [0.29, 0.717) is 24.0 Å². The molecule has 0 bridgehead atoms. The topological polar surface area (TPSA) is 56.2 Å². The third kappa shape index (κ3) is 2.11. The number of thiazole rings is 1.